The van der Waals surface area contributed by atoms with Gasteiger partial charge in [-0.25, -0.2) is 8.78 Å². The molecule has 0 unspecified atom stereocenters. The molecule has 4 aromatic rings. The molecule has 46 heavy (non-hydrogen) atoms. The lowest BCUT2D eigenvalue weighted by molar-refractivity contribution is -0.124. The van der Waals surface area contributed by atoms with E-state index >= 15 is 0 Å². The maximum absolute atomic E-state index is 14.7. The summed E-state index contributed by atoms with van der Waals surface area (Å²) in [6.07, 6.45) is 3.04. The molecule has 13 heteroatoms. The third-order valence-corrected chi connectivity index (χ3v) is 6.75. The Labute approximate surface area is 264 Å². The normalized spacial score (nSPS) is 11.3. The van der Waals surface area contributed by atoms with Crippen molar-refractivity contribution in [2.45, 2.75) is 39.7 Å². The summed E-state index contributed by atoms with van der Waals surface area (Å²) < 4.78 is 34.6. The van der Waals surface area contributed by atoms with Crippen molar-refractivity contribution in [1.29, 1.82) is 0 Å². The number of nitrogens with one attached hydrogen (secondary N) is 5. The molecule has 2 heterocycles. The number of pyridine rings is 1. The minimum absolute atomic E-state index is 0.00584. The second-order valence-electron chi connectivity index (χ2n) is 10.3. The third-order valence-electron chi connectivity index (χ3n) is 6.75. The van der Waals surface area contributed by atoms with Crippen molar-refractivity contribution >= 4 is 29.3 Å². The van der Waals surface area contributed by atoms with E-state index in [2.05, 4.69) is 31.2 Å². The molecule has 1 atom stereocenters. The molecule has 2 aromatic carbocycles. The molecule has 4 amide bonds. The monoisotopic (exact) mass is 632 g/mol. The van der Waals surface area contributed by atoms with Gasteiger partial charge in [0.1, 0.15) is 17.6 Å². The largest absolute Gasteiger partial charge is 0.454 e. The number of aromatic nitrogens is 2. The van der Waals surface area contributed by atoms with Gasteiger partial charge in [-0.2, -0.15) is 0 Å². The van der Waals surface area contributed by atoms with Gasteiger partial charge in [0.15, 0.2) is 11.6 Å². The van der Waals surface area contributed by atoms with Crippen LogP contribution in [0.1, 0.15) is 53.0 Å². The number of amides is 4. The summed E-state index contributed by atoms with van der Waals surface area (Å²) in [7, 11) is 0. The number of aromatic amines is 1. The number of carbonyl (C=O) groups is 4. The van der Waals surface area contributed by atoms with Crippen molar-refractivity contribution in [2.24, 2.45) is 0 Å². The maximum atomic E-state index is 14.7. The number of anilines is 1. The Hall–Kier alpha value is -5.59. The summed E-state index contributed by atoms with van der Waals surface area (Å²) in [6, 6.07) is 11.4. The van der Waals surface area contributed by atoms with Gasteiger partial charge in [0.05, 0.1) is 22.6 Å². The smallest absolute Gasteiger partial charge is 0.255 e. The first-order valence-corrected chi connectivity index (χ1v) is 14.6. The molecular formula is C33H34F2N6O5. The fourth-order valence-electron chi connectivity index (χ4n) is 4.44. The first-order valence-electron chi connectivity index (χ1n) is 14.6. The molecule has 5 N–H and O–H groups in total. The molecule has 0 saturated heterocycles. The number of halogens is 2. The van der Waals surface area contributed by atoms with Crippen LogP contribution in [-0.4, -0.2) is 52.7 Å². The molecule has 0 bridgehead atoms. The van der Waals surface area contributed by atoms with Crippen LogP contribution < -0.4 is 26.0 Å². The van der Waals surface area contributed by atoms with Gasteiger partial charge in [0.25, 0.3) is 11.8 Å². The lowest BCUT2D eigenvalue weighted by atomic mass is 10.1. The zero-order chi connectivity index (χ0) is 33.2. The molecule has 0 aliphatic heterocycles. The molecule has 0 aliphatic rings. The van der Waals surface area contributed by atoms with E-state index in [-0.39, 0.29) is 47.1 Å². The van der Waals surface area contributed by atoms with E-state index in [9.17, 15) is 28.0 Å². The number of H-pyrrole nitrogens is 1. The Morgan fingerprint density at radius 2 is 1.65 bits per heavy atom. The fraction of sp³-hybridized carbons (Fsp3) is 0.242. The third kappa shape index (κ3) is 8.74. The van der Waals surface area contributed by atoms with Gasteiger partial charge in [-0.3, -0.25) is 24.2 Å². The van der Waals surface area contributed by atoms with Crippen molar-refractivity contribution < 1.29 is 32.7 Å². The van der Waals surface area contributed by atoms with Crippen LogP contribution in [-0.2, 0) is 9.59 Å². The number of carbonyl (C=O) groups excluding carboxylic acids is 4. The number of likely N-dealkylation sites (N-methyl/N-ethyl adjacent to an activating group) is 1. The highest BCUT2D eigenvalue weighted by atomic mass is 19.1. The van der Waals surface area contributed by atoms with Crippen LogP contribution in [0.3, 0.4) is 0 Å². The Morgan fingerprint density at radius 3 is 2.41 bits per heavy atom. The van der Waals surface area contributed by atoms with Crippen molar-refractivity contribution in [3.8, 4) is 22.9 Å². The van der Waals surface area contributed by atoms with Gasteiger partial charge in [-0.05, 0) is 75.2 Å². The molecule has 0 saturated carbocycles. The average Bonchev–Trinajstić information content (AvgIpc) is 3.53. The maximum Gasteiger partial charge on any atom is 0.255 e. The second-order valence-corrected chi connectivity index (χ2v) is 10.3. The Bertz CT molecular complexity index is 1740. The van der Waals surface area contributed by atoms with Crippen LogP contribution in [0.2, 0.25) is 0 Å². The van der Waals surface area contributed by atoms with Crippen molar-refractivity contribution in [3.63, 3.8) is 0 Å². The van der Waals surface area contributed by atoms with Gasteiger partial charge in [-0.15, -0.1) is 0 Å². The van der Waals surface area contributed by atoms with Crippen LogP contribution in [0, 0.1) is 18.6 Å². The van der Waals surface area contributed by atoms with E-state index in [0.29, 0.717) is 24.5 Å². The average molecular weight is 633 g/mol. The van der Waals surface area contributed by atoms with Gasteiger partial charge in [0, 0.05) is 43.5 Å². The highest BCUT2D eigenvalue weighted by molar-refractivity contribution is 6.04. The fourth-order valence-corrected chi connectivity index (χ4v) is 4.44. The number of rotatable bonds is 13. The lowest BCUT2D eigenvalue weighted by Gasteiger charge is -2.17. The quantitative estimate of drug-likeness (QED) is 0.142. The standard InChI is InChI=1S/C33H34F2N6O5/c1-4-36-30(42)11-10-25(33(45)37-5-2)40-32(44)21-15-27(39-18-21)28-17-22(12-13-38-28)46-29-16-20(7-9-24(29)35)31(43)41-26-14-19(3)6-8-23(26)34/h6-9,12-18,25,39H,4-5,10-11H2,1-3H3,(H,36,42)(H,37,45)(H,40,44)(H,41,43)/t25-/m0/s1. The predicted octanol–water partition coefficient (Wildman–Crippen LogP) is 4.86. The van der Waals surface area contributed by atoms with E-state index < -0.39 is 35.4 Å². The molecule has 4 rings (SSSR count). The van der Waals surface area contributed by atoms with Crippen LogP contribution >= 0.6 is 0 Å². The van der Waals surface area contributed by atoms with Crippen LogP contribution in [0.25, 0.3) is 11.4 Å². The predicted molar refractivity (Wildman–Crippen MR) is 167 cm³/mol. The molecular weight excluding hydrogens is 598 g/mol. The van der Waals surface area contributed by atoms with E-state index in [4.69, 9.17) is 4.74 Å². The number of nitrogens with zero attached hydrogens (tertiary/aromatic N) is 1. The van der Waals surface area contributed by atoms with Gasteiger partial charge in [0.2, 0.25) is 11.8 Å². The zero-order valence-corrected chi connectivity index (χ0v) is 25.5. The number of hydrogen-bond donors (Lipinski definition) is 5. The Kier molecular flexibility index (Phi) is 11.2. The Morgan fingerprint density at radius 1 is 0.891 bits per heavy atom. The minimum Gasteiger partial charge on any atom is -0.454 e. The summed E-state index contributed by atoms with van der Waals surface area (Å²) in [5, 5.41) is 10.5. The summed E-state index contributed by atoms with van der Waals surface area (Å²) in [4.78, 5) is 57.5. The van der Waals surface area contributed by atoms with Gasteiger partial charge in [-0.1, -0.05) is 6.07 Å². The highest BCUT2D eigenvalue weighted by Gasteiger charge is 2.23. The molecule has 11 nitrogen and oxygen atoms in total. The van der Waals surface area contributed by atoms with Crippen LogP contribution in [0.4, 0.5) is 14.5 Å². The van der Waals surface area contributed by atoms with Crippen LogP contribution in [0.5, 0.6) is 11.5 Å². The first-order chi connectivity index (χ1) is 22.1. The van der Waals surface area contributed by atoms with E-state index in [1.165, 1.54) is 54.9 Å². The zero-order valence-electron chi connectivity index (χ0n) is 25.5. The van der Waals surface area contributed by atoms with E-state index in [1.807, 2.05) is 0 Å². The highest BCUT2D eigenvalue weighted by Crippen LogP contribution is 2.29. The lowest BCUT2D eigenvalue weighted by Crippen LogP contribution is -2.47. The Balaban J connectivity index is 1.46. The van der Waals surface area contributed by atoms with Crippen LogP contribution in [0.15, 0.2) is 67.0 Å². The molecule has 0 aliphatic carbocycles. The second kappa shape index (κ2) is 15.4. The summed E-state index contributed by atoms with van der Waals surface area (Å²) in [6.45, 7) is 6.11. The number of benzene rings is 2. The SMILES string of the molecule is CCNC(=O)CC[C@H](NC(=O)c1c[nH]c(-c2cc(Oc3cc(C(=O)Nc4cc(C)ccc4F)ccc3F)ccn2)c1)C(=O)NCC. The molecule has 2 aromatic heterocycles. The van der Waals surface area contributed by atoms with E-state index in [1.54, 1.807) is 26.8 Å². The van der Waals surface area contributed by atoms with Crippen molar-refractivity contribution in [1.82, 2.24) is 25.9 Å². The van der Waals surface area contributed by atoms with Crippen molar-refractivity contribution in [3.05, 3.63) is 95.3 Å². The summed E-state index contributed by atoms with van der Waals surface area (Å²) in [5.41, 5.74) is 1.79. The summed E-state index contributed by atoms with van der Waals surface area (Å²) >= 11 is 0. The van der Waals surface area contributed by atoms with Gasteiger partial charge < -0.3 is 31.0 Å². The number of aryl methyl sites for hydroxylation is 1. The topological polar surface area (TPSA) is 154 Å². The molecule has 0 fully saturated rings. The molecule has 240 valence electrons. The summed E-state index contributed by atoms with van der Waals surface area (Å²) in [5.74, 6) is -3.22. The van der Waals surface area contributed by atoms with Crippen molar-refractivity contribution in [2.75, 3.05) is 18.4 Å². The first kappa shape index (κ1) is 33.3. The molecule has 0 radical (unpaired) electrons. The van der Waals surface area contributed by atoms with Gasteiger partial charge >= 0.3 is 0 Å². The number of hydrogen-bond acceptors (Lipinski definition) is 6. The number of ether oxygens (including phenoxy) is 1. The minimum atomic E-state index is -0.924. The van der Waals surface area contributed by atoms with E-state index in [0.717, 1.165) is 11.6 Å². The molecule has 0 spiro atoms.